The van der Waals surface area contributed by atoms with Gasteiger partial charge in [-0.2, -0.15) is 0 Å². The van der Waals surface area contributed by atoms with E-state index in [1.807, 2.05) is 0 Å². The first-order chi connectivity index (χ1) is 5.63. The van der Waals surface area contributed by atoms with E-state index in [2.05, 4.69) is 24.5 Å². The highest BCUT2D eigenvalue weighted by Gasteiger charge is 2.31. The molecule has 1 fully saturated rings. The molecular formula is C9H18N2O. The topological polar surface area (TPSA) is 41.1 Å². The van der Waals surface area contributed by atoms with Gasteiger partial charge in [0.15, 0.2) is 0 Å². The minimum Gasteiger partial charge on any atom is -0.341 e. The van der Waals surface area contributed by atoms with Crippen molar-refractivity contribution in [2.75, 3.05) is 7.05 Å². The Morgan fingerprint density at radius 3 is 2.42 bits per heavy atom. The molecule has 0 aromatic rings. The number of hydrogen-bond donors (Lipinski definition) is 2. The van der Waals surface area contributed by atoms with Gasteiger partial charge in [-0.05, 0) is 24.7 Å². The normalized spacial score (nSPS) is 28.0. The molecule has 0 spiro atoms. The third-order valence-corrected chi connectivity index (χ3v) is 2.68. The maximum Gasteiger partial charge on any atom is 0.314 e. The number of amides is 2. The molecule has 0 radical (unpaired) electrons. The average Bonchev–Trinajstić information content (AvgIpc) is 1.94. The quantitative estimate of drug-likeness (QED) is 0.645. The van der Waals surface area contributed by atoms with E-state index in [1.54, 1.807) is 7.05 Å². The summed E-state index contributed by atoms with van der Waals surface area (Å²) in [6.07, 6.45) is 2.29. The zero-order chi connectivity index (χ0) is 9.14. The van der Waals surface area contributed by atoms with Crippen molar-refractivity contribution in [1.82, 2.24) is 10.6 Å². The number of rotatable bonds is 2. The molecule has 3 heteroatoms. The fourth-order valence-corrected chi connectivity index (χ4v) is 1.58. The van der Waals surface area contributed by atoms with Crippen LogP contribution < -0.4 is 10.6 Å². The molecule has 1 rings (SSSR count). The molecule has 2 amide bonds. The number of urea groups is 1. The average molecular weight is 170 g/mol. The second kappa shape index (κ2) is 3.78. The third-order valence-electron chi connectivity index (χ3n) is 2.68. The highest BCUT2D eigenvalue weighted by atomic mass is 16.2. The SMILES string of the molecule is CNC(=O)NC1CC(C(C)C)C1. The Balaban J connectivity index is 2.13. The second-order valence-electron chi connectivity index (χ2n) is 3.90. The molecule has 3 nitrogen and oxygen atoms in total. The minimum atomic E-state index is -0.0535. The summed E-state index contributed by atoms with van der Waals surface area (Å²) in [5, 5.41) is 5.46. The van der Waals surface area contributed by atoms with Crippen molar-refractivity contribution in [2.24, 2.45) is 11.8 Å². The molecule has 2 N–H and O–H groups in total. The zero-order valence-corrected chi connectivity index (χ0v) is 8.05. The lowest BCUT2D eigenvalue weighted by atomic mass is 9.74. The Bertz CT molecular complexity index is 162. The molecule has 0 heterocycles. The second-order valence-corrected chi connectivity index (χ2v) is 3.90. The summed E-state index contributed by atoms with van der Waals surface area (Å²) in [6, 6.07) is 0.361. The van der Waals surface area contributed by atoms with Crippen molar-refractivity contribution >= 4 is 6.03 Å². The zero-order valence-electron chi connectivity index (χ0n) is 8.05. The first-order valence-electron chi connectivity index (χ1n) is 4.61. The molecule has 0 saturated heterocycles. The van der Waals surface area contributed by atoms with E-state index >= 15 is 0 Å². The molecule has 0 unspecified atom stereocenters. The monoisotopic (exact) mass is 170 g/mol. The summed E-state index contributed by atoms with van der Waals surface area (Å²) < 4.78 is 0. The van der Waals surface area contributed by atoms with Crippen molar-refractivity contribution in [3.8, 4) is 0 Å². The van der Waals surface area contributed by atoms with Gasteiger partial charge in [0.05, 0.1) is 0 Å². The summed E-state index contributed by atoms with van der Waals surface area (Å²) in [6.45, 7) is 4.47. The third kappa shape index (κ3) is 2.13. The van der Waals surface area contributed by atoms with Crippen LogP contribution in [0.4, 0.5) is 4.79 Å². The first kappa shape index (κ1) is 9.36. The molecule has 0 aliphatic heterocycles. The van der Waals surface area contributed by atoms with E-state index in [9.17, 15) is 4.79 Å². The van der Waals surface area contributed by atoms with Gasteiger partial charge in [-0.3, -0.25) is 0 Å². The number of carbonyl (C=O) groups excluding carboxylic acids is 1. The first-order valence-corrected chi connectivity index (χ1v) is 4.61. The van der Waals surface area contributed by atoms with Gasteiger partial charge in [-0.1, -0.05) is 13.8 Å². The maximum atomic E-state index is 10.9. The van der Waals surface area contributed by atoms with E-state index in [0.29, 0.717) is 6.04 Å². The summed E-state index contributed by atoms with van der Waals surface area (Å²) in [7, 11) is 1.65. The molecule has 0 atom stereocenters. The van der Waals surface area contributed by atoms with Crippen LogP contribution in [0.15, 0.2) is 0 Å². The van der Waals surface area contributed by atoms with E-state index in [4.69, 9.17) is 0 Å². The summed E-state index contributed by atoms with van der Waals surface area (Å²) >= 11 is 0. The molecule has 1 saturated carbocycles. The molecular weight excluding hydrogens is 152 g/mol. The number of hydrogen-bond acceptors (Lipinski definition) is 1. The fourth-order valence-electron chi connectivity index (χ4n) is 1.58. The summed E-state index contributed by atoms with van der Waals surface area (Å²) in [5.41, 5.74) is 0. The van der Waals surface area contributed by atoms with E-state index in [-0.39, 0.29) is 6.03 Å². The van der Waals surface area contributed by atoms with E-state index in [0.717, 1.165) is 24.7 Å². The maximum absolute atomic E-state index is 10.9. The Morgan fingerprint density at radius 1 is 1.42 bits per heavy atom. The standard InChI is InChI=1S/C9H18N2O/c1-6(2)7-4-8(5-7)11-9(12)10-3/h6-8H,4-5H2,1-3H3,(H2,10,11,12). The Morgan fingerprint density at radius 2 is 2.00 bits per heavy atom. The lowest BCUT2D eigenvalue weighted by molar-refractivity contribution is 0.167. The Labute approximate surface area is 73.9 Å². The van der Waals surface area contributed by atoms with Gasteiger partial charge in [-0.25, -0.2) is 4.79 Å². The number of carbonyl (C=O) groups is 1. The van der Waals surface area contributed by atoms with Gasteiger partial charge in [0.25, 0.3) is 0 Å². The smallest absolute Gasteiger partial charge is 0.314 e. The van der Waals surface area contributed by atoms with Crippen LogP contribution in [0.5, 0.6) is 0 Å². The molecule has 1 aliphatic carbocycles. The Kier molecular flexibility index (Phi) is 2.95. The molecule has 0 aromatic carbocycles. The van der Waals surface area contributed by atoms with Gasteiger partial charge in [-0.15, -0.1) is 0 Å². The van der Waals surface area contributed by atoms with E-state index < -0.39 is 0 Å². The largest absolute Gasteiger partial charge is 0.341 e. The van der Waals surface area contributed by atoms with Crippen LogP contribution >= 0.6 is 0 Å². The minimum absolute atomic E-state index is 0.0535. The summed E-state index contributed by atoms with van der Waals surface area (Å²) in [4.78, 5) is 10.9. The lowest BCUT2D eigenvalue weighted by Crippen LogP contribution is -2.48. The van der Waals surface area contributed by atoms with Crippen LogP contribution in [0, 0.1) is 11.8 Å². The van der Waals surface area contributed by atoms with E-state index in [1.165, 1.54) is 0 Å². The molecule has 0 aromatic heterocycles. The van der Waals surface area contributed by atoms with Crippen molar-refractivity contribution in [2.45, 2.75) is 32.7 Å². The van der Waals surface area contributed by atoms with Crippen LogP contribution in [-0.4, -0.2) is 19.1 Å². The van der Waals surface area contributed by atoms with Gasteiger partial charge >= 0.3 is 6.03 Å². The molecule has 70 valence electrons. The lowest BCUT2D eigenvalue weighted by Gasteiger charge is -2.38. The van der Waals surface area contributed by atoms with Crippen molar-refractivity contribution in [3.63, 3.8) is 0 Å². The van der Waals surface area contributed by atoms with Crippen molar-refractivity contribution in [1.29, 1.82) is 0 Å². The van der Waals surface area contributed by atoms with Crippen LogP contribution in [-0.2, 0) is 0 Å². The van der Waals surface area contributed by atoms with Crippen LogP contribution in [0.2, 0.25) is 0 Å². The predicted molar refractivity (Wildman–Crippen MR) is 48.9 cm³/mol. The van der Waals surface area contributed by atoms with Gasteiger partial charge < -0.3 is 10.6 Å². The molecule has 12 heavy (non-hydrogen) atoms. The van der Waals surface area contributed by atoms with Crippen molar-refractivity contribution < 1.29 is 4.79 Å². The van der Waals surface area contributed by atoms with Crippen LogP contribution in [0.1, 0.15) is 26.7 Å². The van der Waals surface area contributed by atoms with Gasteiger partial charge in [0, 0.05) is 13.1 Å². The molecule has 1 aliphatic rings. The number of nitrogens with one attached hydrogen (secondary N) is 2. The van der Waals surface area contributed by atoms with Crippen LogP contribution in [0.3, 0.4) is 0 Å². The highest BCUT2D eigenvalue weighted by molar-refractivity contribution is 5.73. The molecule has 0 bridgehead atoms. The summed E-state index contributed by atoms with van der Waals surface area (Å²) in [5.74, 6) is 1.57. The fraction of sp³-hybridized carbons (Fsp3) is 0.889. The Hall–Kier alpha value is -0.730. The highest BCUT2D eigenvalue weighted by Crippen LogP contribution is 2.33. The predicted octanol–water partition coefficient (Wildman–Crippen LogP) is 1.35. The van der Waals surface area contributed by atoms with Gasteiger partial charge in [0.1, 0.15) is 0 Å². The van der Waals surface area contributed by atoms with Gasteiger partial charge in [0.2, 0.25) is 0 Å². The van der Waals surface area contributed by atoms with Crippen LogP contribution in [0.25, 0.3) is 0 Å². The van der Waals surface area contributed by atoms with Crippen molar-refractivity contribution in [3.05, 3.63) is 0 Å².